The molecule has 14 heavy (non-hydrogen) atoms. The van der Waals surface area contributed by atoms with E-state index in [1.165, 1.54) is 9.21 Å². The van der Waals surface area contributed by atoms with Gasteiger partial charge in [-0.1, -0.05) is 17.9 Å². The van der Waals surface area contributed by atoms with Crippen LogP contribution in [0.1, 0.15) is 5.56 Å². The molecule has 0 fully saturated rings. The molecule has 1 aromatic rings. The fourth-order valence-corrected chi connectivity index (χ4v) is 1.38. The molecule has 0 aliphatic carbocycles. The molecule has 0 unspecified atom stereocenters. The van der Waals surface area contributed by atoms with E-state index in [9.17, 15) is 0 Å². The second kappa shape index (κ2) is 6.98. The van der Waals surface area contributed by atoms with E-state index in [4.69, 9.17) is 8.92 Å². The zero-order chi connectivity index (χ0) is 10.2. The summed E-state index contributed by atoms with van der Waals surface area (Å²) in [6.07, 6.45) is 0. The maximum Gasteiger partial charge on any atom is 0.123 e. The van der Waals surface area contributed by atoms with Gasteiger partial charge in [0.2, 0.25) is 0 Å². The Balaban J connectivity index is 2.60. The number of rotatable bonds is 3. The first-order valence-electron chi connectivity index (χ1n) is 3.90. The molecule has 1 rings (SSSR count). The molecule has 0 aliphatic rings. The average Bonchev–Trinajstić information content (AvgIpc) is 2.25. The van der Waals surface area contributed by atoms with Gasteiger partial charge in [0.25, 0.3) is 0 Å². The first-order chi connectivity index (χ1) is 6.86. The largest absolute Gasteiger partial charge is 0.497 e. The Morgan fingerprint density at radius 2 is 2.36 bits per heavy atom. The van der Waals surface area contributed by atoms with Gasteiger partial charge in [0.15, 0.2) is 0 Å². The van der Waals surface area contributed by atoms with Gasteiger partial charge in [-0.3, -0.25) is 4.18 Å². The van der Waals surface area contributed by atoms with E-state index < -0.39 is 0 Å². The molecule has 0 atom stereocenters. The van der Waals surface area contributed by atoms with Crippen molar-refractivity contribution >= 4 is 30.4 Å². The Morgan fingerprint density at radius 1 is 1.50 bits per heavy atom. The fraction of sp³-hybridized carbons (Fsp3) is 0.200. The van der Waals surface area contributed by atoms with Crippen LogP contribution in [0.4, 0.5) is 0 Å². The van der Waals surface area contributed by atoms with Crippen LogP contribution in [0.2, 0.25) is 0 Å². The van der Waals surface area contributed by atoms with Crippen LogP contribution in [0.25, 0.3) is 0 Å². The molecule has 0 amide bonds. The van der Waals surface area contributed by atoms with Crippen molar-refractivity contribution in [2.24, 2.45) is 0 Å². The highest BCUT2D eigenvalue weighted by molar-refractivity contribution is 14.2. The van der Waals surface area contributed by atoms with Crippen LogP contribution in [0, 0.1) is 11.8 Å². The molecule has 0 radical (unpaired) electrons. The fourth-order valence-electron chi connectivity index (χ4n) is 0.891. The van der Waals surface area contributed by atoms with Gasteiger partial charge in [-0.25, -0.2) is 0 Å². The summed E-state index contributed by atoms with van der Waals surface area (Å²) in [6.45, 7) is 0.435. The molecule has 2 nitrogen and oxygen atoms in total. The van der Waals surface area contributed by atoms with Gasteiger partial charge in [0.1, 0.15) is 12.4 Å². The van der Waals surface area contributed by atoms with Crippen LogP contribution < -0.4 is 4.74 Å². The number of hydrogen-bond donors (Lipinski definition) is 0. The maximum atomic E-state index is 5.08. The molecule has 0 aliphatic heterocycles. The molecule has 0 bridgehead atoms. The molecule has 1 aromatic carbocycles. The lowest BCUT2D eigenvalue weighted by atomic mass is 10.2. The zero-order valence-electron chi connectivity index (χ0n) is 7.62. The monoisotopic (exact) mass is 320 g/mol. The van der Waals surface area contributed by atoms with E-state index in [0.717, 1.165) is 11.3 Å². The average molecular weight is 320 g/mol. The number of ether oxygens (including phenoxy) is 1. The van der Waals surface area contributed by atoms with Gasteiger partial charge in [-0.2, -0.15) is 0 Å². The van der Waals surface area contributed by atoms with E-state index in [0.29, 0.717) is 6.61 Å². The Bertz CT molecular complexity index is 343. The summed E-state index contributed by atoms with van der Waals surface area (Å²) in [7, 11) is 2.93. The highest BCUT2D eigenvalue weighted by atomic mass is 127. The van der Waals surface area contributed by atoms with Crippen LogP contribution in [-0.2, 0) is 4.18 Å². The summed E-state index contributed by atoms with van der Waals surface area (Å²) >= 11 is 2.06. The lowest BCUT2D eigenvalue weighted by Crippen LogP contribution is -1.83. The summed E-state index contributed by atoms with van der Waals surface area (Å²) in [4.78, 5) is 0. The third-order valence-corrected chi connectivity index (χ3v) is 2.45. The minimum atomic E-state index is 0.435. The molecule has 4 heteroatoms. The summed E-state index contributed by atoms with van der Waals surface area (Å²) in [5, 5.41) is 0. The molecule has 0 saturated heterocycles. The van der Waals surface area contributed by atoms with E-state index in [1.54, 1.807) is 7.11 Å². The molecular formula is C10H9IO2S. The standard InChI is InChI=1S/C10H9IO2S/c1-12-10-6-2-4-9(8-10)5-3-7-13-14-11/h2,4,6,8H,7H2,1H3. The van der Waals surface area contributed by atoms with Crippen molar-refractivity contribution in [1.82, 2.24) is 0 Å². The Hall–Kier alpha value is -0.380. The van der Waals surface area contributed by atoms with Gasteiger partial charge < -0.3 is 4.74 Å². The number of hydrogen-bond acceptors (Lipinski definition) is 3. The summed E-state index contributed by atoms with van der Waals surface area (Å²) in [5.41, 5.74) is 0.936. The Kier molecular flexibility index (Phi) is 5.83. The highest BCUT2D eigenvalue weighted by Crippen LogP contribution is 2.12. The van der Waals surface area contributed by atoms with E-state index in [2.05, 4.69) is 33.0 Å². The predicted octanol–water partition coefficient (Wildman–Crippen LogP) is 3.06. The van der Waals surface area contributed by atoms with Crippen molar-refractivity contribution in [2.45, 2.75) is 0 Å². The van der Waals surface area contributed by atoms with Crippen LogP contribution in [-0.4, -0.2) is 13.7 Å². The second-order valence-corrected chi connectivity index (χ2v) is 3.80. The minimum absolute atomic E-state index is 0.435. The molecule has 0 heterocycles. The molecular weight excluding hydrogens is 311 g/mol. The maximum absolute atomic E-state index is 5.08. The van der Waals surface area contributed by atoms with Crippen molar-refractivity contribution in [1.29, 1.82) is 0 Å². The highest BCUT2D eigenvalue weighted by Gasteiger charge is 1.90. The molecule has 0 N–H and O–H groups in total. The van der Waals surface area contributed by atoms with Crippen molar-refractivity contribution in [3.8, 4) is 17.6 Å². The van der Waals surface area contributed by atoms with E-state index in [-0.39, 0.29) is 0 Å². The normalized spacial score (nSPS) is 9.00. The van der Waals surface area contributed by atoms with Crippen LogP contribution in [0.3, 0.4) is 0 Å². The topological polar surface area (TPSA) is 18.5 Å². The van der Waals surface area contributed by atoms with Crippen molar-refractivity contribution in [2.75, 3.05) is 13.7 Å². The Morgan fingerprint density at radius 3 is 3.07 bits per heavy atom. The first kappa shape index (κ1) is 11.7. The molecule has 0 saturated carbocycles. The minimum Gasteiger partial charge on any atom is -0.497 e. The third-order valence-electron chi connectivity index (χ3n) is 1.48. The van der Waals surface area contributed by atoms with E-state index in [1.807, 2.05) is 24.3 Å². The van der Waals surface area contributed by atoms with Crippen molar-refractivity contribution in [3.05, 3.63) is 29.8 Å². The molecule has 0 aromatic heterocycles. The summed E-state index contributed by atoms with van der Waals surface area (Å²) in [6, 6.07) is 7.63. The first-order valence-corrected chi connectivity index (χ1v) is 7.18. The summed E-state index contributed by atoms with van der Waals surface area (Å²) in [5.74, 6) is 6.70. The van der Waals surface area contributed by atoms with Gasteiger partial charge in [-0.05, 0) is 18.2 Å². The van der Waals surface area contributed by atoms with Crippen LogP contribution >= 0.6 is 30.4 Å². The van der Waals surface area contributed by atoms with Crippen LogP contribution in [0.5, 0.6) is 5.75 Å². The lowest BCUT2D eigenvalue weighted by molar-refractivity contribution is 0.414. The van der Waals surface area contributed by atoms with Crippen molar-refractivity contribution < 1.29 is 8.92 Å². The van der Waals surface area contributed by atoms with Crippen LogP contribution in [0.15, 0.2) is 24.3 Å². The van der Waals surface area contributed by atoms with Gasteiger partial charge in [0, 0.05) is 26.8 Å². The number of methoxy groups -OCH3 is 1. The molecule has 0 spiro atoms. The number of benzene rings is 1. The third kappa shape index (κ3) is 4.22. The zero-order valence-corrected chi connectivity index (χ0v) is 10.6. The number of halogens is 1. The van der Waals surface area contributed by atoms with E-state index >= 15 is 0 Å². The lowest BCUT2D eigenvalue weighted by Gasteiger charge is -1.98. The molecule has 74 valence electrons. The summed E-state index contributed by atoms with van der Waals surface area (Å²) < 4.78 is 10.1. The van der Waals surface area contributed by atoms with Gasteiger partial charge >= 0.3 is 0 Å². The van der Waals surface area contributed by atoms with Gasteiger partial charge in [-0.15, -0.1) is 0 Å². The smallest absolute Gasteiger partial charge is 0.123 e. The second-order valence-electron chi connectivity index (χ2n) is 2.36. The Labute approximate surface area is 100 Å². The SMILES string of the molecule is COc1cccc(C#CCOSI)c1. The quantitative estimate of drug-likeness (QED) is 0.369. The predicted molar refractivity (Wildman–Crippen MR) is 67.4 cm³/mol. The van der Waals surface area contributed by atoms with Gasteiger partial charge in [0.05, 0.1) is 16.3 Å². The van der Waals surface area contributed by atoms with Crippen molar-refractivity contribution in [3.63, 3.8) is 0 Å².